The van der Waals surface area contributed by atoms with Gasteiger partial charge in [0.2, 0.25) is 5.91 Å². The summed E-state index contributed by atoms with van der Waals surface area (Å²) < 4.78 is 0. The van der Waals surface area contributed by atoms with E-state index >= 15 is 0 Å². The minimum absolute atomic E-state index is 0.173. The number of nitrogens with one attached hydrogen (secondary N) is 1. The lowest BCUT2D eigenvalue weighted by atomic mass is 9.86. The molecule has 116 valence electrons. The van der Waals surface area contributed by atoms with Gasteiger partial charge in [-0.1, -0.05) is 78.4 Å². The second-order valence-corrected chi connectivity index (χ2v) is 6.98. The molecule has 1 amide bonds. The molecule has 21 heavy (non-hydrogen) atoms. The molecule has 0 radical (unpaired) electrons. The molecule has 1 aromatic carbocycles. The van der Waals surface area contributed by atoms with E-state index in [1.807, 2.05) is 18.2 Å². The molecule has 1 aliphatic rings. The van der Waals surface area contributed by atoms with Crippen molar-refractivity contribution in [3.05, 3.63) is 35.9 Å². The molecule has 1 unspecified atom stereocenters. The highest BCUT2D eigenvalue weighted by atomic mass is 79.9. The fraction of sp³-hybridized carbons (Fsp3) is 0.611. The van der Waals surface area contributed by atoms with Crippen molar-refractivity contribution in [3.63, 3.8) is 0 Å². The van der Waals surface area contributed by atoms with Gasteiger partial charge in [0.05, 0.1) is 5.54 Å². The van der Waals surface area contributed by atoms with Crippen LogP contribution in [-0.2, 0) is 10.3 Å². The minimum atomic E-state index is -0.328. The van der Waals surface area contributed by atoms with E-state index in [0.717, 1.165) is 23.2 Å². The average Bonchev–Trinajstić information content (AvgIpc) is 2.54. The first kappa shape index (κ1) is 16.5. The molecule has 2 rings (SSSR count). The maximum Gasteiger partial charge on any atom is 0.220 e. The Morgan fingerprint density at radius 1 is 1.24 bits per heavy atom. The van der Waals surface area contributed by atoms with Crippen molar-refractivity contribution < 1.29 is 4.79 Å². The monoisotopic (exact) mass is 351 g/mol. The predicted molar refractivity (Wildman–Crippen MR) is 91.5 cm³/mol. The highest BCUT2D eigenvalue weighted by Crippen LogP contribution is 2.28. The summed E-state index contributed by atoms with van der Waals surface area (Å²) in [5, 5.41) is 3.93. The Kier molecular flexibility index (Phi) is 6.28. The van der Waals surface area contributed by atoms with Crippen LogP contribution in [0.5, 0.6) is 0 Å². The van der Waals surface area contributed by atoms with Crippen LogP contribution in [0.3, 0.4) is 0 Å². The number of alkyl halides is 1. The van der Waals surface area contributed by atoms with Crippen molar-refractivity contribution >= 4 is 21.8 Å². The second kappa shape index (κ2) is 7.98. The molecule has 0 spiro atoms. The van der Waals surface area contributed by atoms with Crippen LogP contribution in [-0.4, -0.2) is 11.2 Å². The summed E-state index contributed by atoms with van der Waals surface area (Å²) in [5.41, 5.74) is 0.818. The quantitative estimate of drug-likeness (QED) is 0.734. The van der Waals surface area contributed by atoms with Crippen LogP contribution in [0.25, 0.3) is 0 Å². The summed E-state index contributed by atoms with van der Waals surface area (Å²) >= 11 is 3.55. The van der Waals surface area contributed by atoms with Crippen LogP contribution in [0.2, 0.25) is 0 Å². The number of amides is 1. The third-order valence-electron chi connectivity index (χ3n) is 4.60. The molecule has 1 fully saturated rings. The van der Waals surface area contributed by atoms with Crippen molar-refractivity contribution in [2.24, 2.45) is 5.92 Å². The first-order chi connectivity index (χ1) is 10.1. The Morgan fingerprint density at radius 2 is 1.90 bits per heavy atom. The second-order valence-electron chi connectivity index (χ2n) is 6.42. The predicted octanol–water partition coefficient (Wildman–Crippen LogP) is 4.77. The molecule has 1 saturated carbocycles. The zero-order valence-corrected chi connectivity index (χ0v) is 14.5. The Hall–Kier alpha value is -0.830. The number of halogens is 1. The number of hydrogen-bond acceptors (Lipinski definition) is 1. The van der Waals surface area contributed by atoms with Gasteiger partial charge in [0.25, 0.3) is 0 Å². The van der Waals surface area contributed by atoms with Crippen molar-refractivity contribution in [3.8, 4) is 0 Å². The molecular weight excluding hydrogens is 326 g/mol. The van der Waals surface area contributed by atoms with Gasteiger partial charge < -0.3 is 5.32 Å². The molecular formula is C18H26BrNO. The van der Waals surface area contributed by atoms with Gasteiger partial charge >= 0.3 is 0 Å². The van der Waals surface area contributed by atoms with Gasteiger partial charge in [-0.25, -0.2) is 0 Å². The number of carbonyl (C=O) groups is 1. The third-order valence-corrected chi connectivity index (χ3v) is 5.72. The highest BCUT2D eigenvalue weighted by Gasteiger charge is 2.27. The first-order valence-corrected chi connectivity index (χ1v) is 9.19. The lowest BCUT2D eigenvalue weighted by molar-refractivity contribution is -0.123. The molecule has 1 aliphatic carbocycles. The largest absolute Gasteiger partial charge is 0.346 e. The molecule has 0 aliphatic heterocycles. The van der Waals surface area contributed by atoms with Crippen molar-refractivity contribution in [1.29, 1.82) is 0 Å². The number of benzene rings is 1. The van der Waals surface area contributed by atoms with Crippen LogP contribution in [0.15, 0.2) is 30.3 Å². The van der Waals surface area contributed by atoms with Crippen molar-refractivity contribution in [2.75, 3.05) is 5.33 Å². The Bertz CT molecular complexity index is 442. The molecule has 1 N–H and O–H groups in total. The van der Waals surface area contributed by atoms with Crippen molar-refractivity contribution in [1.82, 2.24) is 5.32 Å². The normalized spacial score (nSPS) is 19.0. The van der Waals surface area contributed by atoms with E-state index in [1.54, 1.807) is 0 Å². The van der Waals surface area contributed by atoms with Gasteiger partial charge in [0.15, 0.2) is 0 Å². The molecule has 1 aromatic rings. The molecule has 0 saturated heterocycles. The zero-order chi connectivity index (χ0) is 15.1. The van der Waals surface area contributed by atoms with E-state index < -0.39 is 0 Å². The molecule has 1 atom stereocenters. The zero-order valence-electron chi connectivity index (χ0n) is 12.9. The molecule has 0 heterocycles. The number of rotatable bonds is 6. The topological polar surface area (TPSA) is 29.1 Å². The Balaban J connectivity index is 1.87. The highest BCUT2D eigenvalue weighted by molar-refractivity contribution is 9.09. The summed E-state index contributed by atoms with van der Waals surface area (Å²) in [6.07, 6.45) is 8.37. The van der Waals surface area contributed by atoms with E-state index in [-0.39, 0.29) is 11.4 Å². The van der Waals surface area contributed by atoms with E-state index in [0.29, 0.717) is 6.42 Å². The Labute approximate surface area is 136 Å². The summed E-state index contributed by atoms with van der Waals surface area (Å²) in [6.45, 7) is 2.08. The van der Waals surface area contributed by atoms with Gasteiger partial charge in [-0.05, 0) is 24.8 Å². The standard InChI is InChI=1S/C18H26BrNO/c1-18(14-19,16-10-6-3-7-11-16)20-17(21)13-12-15-8-4-2-5-9-15/h3,6-7,10-11,15H,2,4-5,8-9,12-14H2,1H3,(H,20,21). The molecule has 0 bridgehead atoms. The first-order valence-electron chi connectivity index (χ1n) is 8.06. The number of hydrogen-bond donors (Lipinski definition) is 1. The van der Waals surface area contributed by atoms with Crippen LogP contribution >= 0.6 is 15.9 Å². The Morgan fingerprint density at radius 3 is 2.52 bits per heavy atom. The third kappa shape index (κ3) is 4.84. The lowest BCUT2D eigenvalue weighted by Gasteiger charge is -2.30. The van der Waals surface area contributed by atoms with Crippen LogP contribution in [0.4, 0.5) is 0 Å². The summed E-state index contributed by atoms with van der Waals surface area (Å²) in [4.78, 5) is 12.3. The van der Waals surface area contributed by atoms with Crippen LogP contribution in [0, 0.1) is 5.92 Å². The fourth-order valence-electron chi connectivity index (χ4n) is 3.17. The SMILES string of the molecule is CC(CBr)(NC(=O)CCC1CCCCC1)c1ccccc1. The van der Waals surface area contributed by atoms with Gasteiger partial charge in [-0.3, -0.25) is 4.79 Å². The van der Waals surface area contributed by atoms with E-state index in [1.165, 1.54) is 32.1 Å². The smallest absolute Gasteiger partial charge is 0.220 e. The van der Waals surface area contributed by atoms with Crippen LogP contribution in [0.1, 0.15) is 57.4 Å². The van der Waals surface area contributed by atoms with Gasteiger partial charge in [-0.15, -0.1) is 0 Å². The van der Waals surface area contributed by atoms with Gasteiger partial charge in [0, 0.05) is 11.8 Å². The van der Waals surface area contributed by atoms with E-state index in [4.69, 9.17) is 0 Å². The number of carbonyl (C=O) groups excluding carboxylic acids is 1. The lowest BCUT2D eigenvalue weighted by Crippen LogP contribution is -2.45. The van der Waals surface area contributed by atoms with Crippen molar-refractivity contribution in [2.45, 2.75) is 57.4 Å². The molecule has 2 nitrogen and oxygen atoms in total. The maximum atomic E-state index is 12.3. The minimum Gasteiger partial charge on any atom is -0.346 e. The van der Waals surface area contributed by atoms with E-state index in [9.17, 15) is 4.79 Å². The summed E-state index contributed by atoms with van der Waals surface area (Å²) in [7, 11) is 0. The molecule has 0 aromatic heterocycles. The van der Waals surface area contributed by atoms with E-state index in [2.05, 4.69) is 40.3 Å². The van der Waals surface area contributed by atoms with Crippen LogP contribution < -0.4 is 5.32 Å². The molecule has 3 heteroatoms. The maximum absolute atomic E-state index is 12.3. The average molecular weight is 352 g/mol. The van der Waals surface area contributed by atoms with Gasteiger partial charge in [0.1, 0.15) is 0 Å². The van der Waals surface area contributed by atoms with Gasteiger partial charge in [-0.2, -0.15) is 0 Å². The summed E-state index contributed by atoms with van der Waals surface area (Å²) in [5.74, 6) is 0.933. The summed E-state index contributed by atoms with van der Waals surface area (Å²) in [6, 6.07) is 10.2. The fourth-order valence-corrected chi connectivity index (χ4v) is 3.63.